The van der Waals surface area contributed by atoms with Crippen LogP contribution in [-0.2, 0) is 4.74 Å². The molecule has 0 aliphatic carbocycles. The van der Waals surface area contributed by atoms with Crippen molar-refractivity contribution in [3.8, 4) is 11.5 Å². The van der Waals surface area contributed by atoms with Gasteiger partial charge in [0.2, 0.25) is 0 Å². The number of ether oxygens (including phenoxy) is 3. The van der Waals surface area contributed by atoms with Crippen LogP contribution >= 0.6 is 0 Å². The molecular formula is C16H27NO3. The maximum absolute atomic E-state index is 5.75. The summed E-state index contributed by atoms with van der Waals surface area (Å²) in [6, 6.07) is 5.99. The average molecular weight is 281 g/mol. The van der Waals surface area contributed by atoms with Gasteiger partial charge >= 0.3 is 0 Å². The molecular weight excluding hydrogens is 254 g/mol. The SMILES string of the molecule is CCCCCOCC(NC)c1ccc(OC)cc1OC. The second-order valence-electron chi connectivity index (χ2n) is 4.73. The van der Waals surface area contributed by atoms with Gasteiger partial charge in [-0.3, -0.25) is 0 Å². The summed E-state index contributed by atoms with van der Waals surface area (Å²) in [6.07, 6.45) is 3.55. The number of nitrogens with one attached hydrogen (secondary N) is 1. The third-order valence-corrected chi connectivity index (χ3v) is 3.34. The van der Waals surface area contributed by atoms with Crippen molar-refractivity contribution in [1.29, 1.82) is 0 Å². The Bertz CT molecular complexity index is 382. The zero-order valence-electron chi connectivity index (χ0n) is 13.1. The van der Waals surface area contributed by atoms with Crippen LogP contribution in [0.25, 0.3) is 0 Å². The van der Waals surface area contributed by atoms with Gasteiger partial charge in [0, 0.05) is 18.2 Å². The number of unbranched alkanes of at least 4 members (excludes halogenated alkanes) is 2. The van der Waals surface area contributed by atoms with E-state index in [-0.39, 0.29) is 6.04 Å². The first-order valence-electron chi connectivity index (χ1n) is 7.23. The lowest BCUT2D eigenvalue weighted by molar-refractivity contribution is 0.109. The first kappa shape index (κ1) is 16.8. The monoisotopic (exact) mass is 281 g/mol. The van der Waals surface area contributed by atoms with E-state index in [9.17, 15) is 0 Å². The first-order valence-corrected chi connectivity index (χ1v) is 7.23. The minimum absolute atomic E-state index is 0.123. The second kappa shape index (κ2) is 9.61. The highest BCUT2D eigenvalue weighted by molar-refractivity contribution is 5.42. The Balaban J connectivity index is 2.64. The summed E-state index contributed by atoms with van der Waals surface area (Å²) < 4.78 is 16.4. The predicted molar refractivity (Wildman–Crippen MR) is 81.7 cm³/mol. The maximum atomic E-state index is 5.75. The minimum atomic E-state index is 0.123. The third kappa shape index (κ3) is 5.02. The lowest BCUT2D eigenvalue weighted by Crippen LogP contribution is -2.22. The van der Waals surface area contributed by atoms with Crippen molar-refractivity contribution >= 4 is 0 Å². The van der Waals surface area contributed by atoms with Crippen LogP contribution in [0.2, 0.25) is 0 Å². The van der Waals surface area contributed by atoms with Crippen molar-refractivity contribution in [3.63, 3.8) is 0 Å². The van der Waals surface area contributed by atoms with E-state index >= 15 is 0 Å². The third-order valence-electron chi connectivity index (χ3n) is 3.34. The summed E-state index contributed by atoms with van der Waals surface area (Å²) in [4.78, 5) is 0. The fourth-order valence-corrected chi connectivity index (χ4v) is 2.09. The van der Waals surface area contributed by atoms with E-state index in [1.54, 1.807) is 14.2 Å². The standard InChI is InChI=1S/C16H27NO3/c1-5-6-7-10-20-12-15(17-2)14-9-8-13(18-3)11-16(14)19-4/h8-9,11,15,17H,5-7,10,12H2,1-4H3. The molecule has 1 atom stereocenters. The summed E-state index contributed by atoms with van der Waals surface area (Å²) >= 11 is 0. The summed E-state index contributed by atoms with van der Waals surface area (Å²) in [5, 5.41) is 3.28. The lowest BCUT2D eigenvalue weighted by Gasteiger charge is -2.20. The fraction of sp³-hybridized carbons (Fsp3) is 0.625. The molecule has 0 bridgehead atoms. The van der Waals surface area contributed by atoms with Crippen LogP contribution in [0.4, 0.5) is 0 Å². The molecule has 4 heteroatoms. The van der Waals surface area contributed by atoms with Gasteiger partial charge in [-0.05, 0) is 25.6 Å². The van der Waals surface area contributed by atoms with E-state index in [0.29, 0.717) is 6.61 Å². The van der Waals surface area contributed by atoms with Gasteiger partial charge < -0.3 is 19.5 Å². The number of hydrogen-bond donors (Lipinski definition) is 1. The van der Waals surface area contributed by atoms with Gasteiger partial charge in [-0.2, -0.15) is 0 Å². The Hall–Kier alpha value is -1.26. The molecule has 0 aliphatic rings. The molecule has 1 unspecified atom stereocenters. The van der Waals surface area contributed by atoms with Gasteiger partial charge in [-0.25, -0.2) is 0 Å². The number of benzene rings is 1. The lowest BCUT2D eigenvalue weighted by atomic mass is 10.1. The Morgan fingerprint density at radius 3 is 2.55 bits per heavy atom. The normalized spacial score (nSPS) is 12.2. The van der Waals surface area contributed by atoms with E-state index < -0.39 is 0 Å². The topological polar surface area (TPSA) is 39.7 Å². The quantitative estimate of drug-likeness (QED) is 0.669. The van der Waals surface area contributed by atoms with Crippen molar-refractivity contribution < 1.29 is 14.2 Å². The van der Waals surface area contributed by atoms with E-state index in [0.717, 1.165) is 30.1 Å². The Morgan fingerprint density at radius 2 is 1.95 bits per heavy atom. The summed E-state index contributed by atoms with van der Waals surface area (Å²) in [7, 11) is 5.26. The minimum Gasteiger partial charge on any atom is -0.497 e. The van der Waals surface area contributed by atoms with Gasteiger partial charge in [-0.1, -0.05) is 19.8 Å². The van der Waals surface area contributed by atoms with Gasteiger partial charge in [0.25, 0.3) is 0 Å². The summed E-state index contributed by atoms with van der Waals surface area (Å²) in [5.41, 5.74) is 1.09. The highest BCUT2D eigenvalue weighted by Crippen LogP contribution is 2.29. The zero-order chi connectivity index (χ0) is 14.8. The molecule has 0 heterocycles. The van der Waals surface area contributed by atoms with E-state index in [1.165, 1.54) is 12.8 Å². The molecule has 0 aliphatic heterocycles. The van der Waals surface area contributed by atoms with Crippen molar-refractivity contribution in [1.82, 2.24) is 5.32 Å². The molecule has 1 N–H and O–H groups in total. The molecule has 20 heavy (non-hydrogen) atoms. The van der Waals surface area contributed by atoms with Gasteiger partial charge in [0.1, 0.15) is 11.5 Å². The second-order valence-corrected chi connectivity index (χ2v) is 4.73. The zero-order valence-corrected chi connectivity index (χ0v) is 13.1. The fourth-order valence-electron chi connectivity index (χ4n) is 2.09. The molecule has 4 nitrogen and oxygen atoms in total. The molecule has 0 fully saturated rings. The Kier molecular flexibility index (Phi) is 8.07. The van der Waals surface area contributed by atoms with Crippen LogP contribution in [0.15, 0.2) is 18.2 Å². The van der Waals surface area contributed by atoms with Crippen LogP contribution in [0.5, 0.6) is 11.5 Å². The number of hydrogen-bond acceptors (Lipinski definition) is 4. The van der Waals surface area contributed by atoms with Crippen LogP contribution in [0.3, 0.4) is 0 Å². The van der Waals surface area contributed by atoms with Crippen molar-refractivity contribution in [3.05, 3.63) is 23.8 Å². The number of methoxy groups -OCH3 is 2. The van der Waals surface area contributed by atoms with Crippen LogP contribution < -0.4 is 14.8 Å². The predicted octanol–water partition coefficient (Wildman–Crippen LogP) is 3.17. The molecule has 0 radical (unpaired) electrons. The molecule has 1 aromatic rings. The Labute approximate surface area is 122 Å². The van der Waals surface area contributed by atoms with E-state index in [1.807, 2.05) is 25.2 Å². The first-order chi connectivity index (χ1) is 9.76. The largest absolute Gasteiger partial charge is 0.497 e. The number of likely N-dealkylation sites (N-methyl/N-ethyl adjacent to an activating group) is 1. The van der Waals surface area contributed by atoms with Gasteiger partial charge in [0.05, 0.1) is 26.9 Å². The van der Waals surface area contributed by atoms with E-state index in [2.05, 4.69) is 12.2 Å². The maximum Gasteiger partial charge on any atom is 0.127 e. The van der Waals surface area contributed by atoms with Crippen LogP contribution in [0, 0.1) is 0 Å². The summed E-state index contributed by atoms with van der Waals surface area (Å²) in [6.45, 7) is 3.64. The molecule has 114 valence electrons. The average Bonchev–Trinajstić information content (AvgIpc) is 2.50. The van der Waals surface area contributed by atoms with Crippen molar-refractivity contribution in [2.45, 2.75) is 32.2 Å². The van der Waals surface area contributed by atoms with E-state index in [4.69, 9.17) is 14.2 Å². The molecule has 1 rings (SSSR count). The Morgan fingerprint density at radius 1 is 1.15 bits per heavy atom. The van der Waals surface area contributed by atoms with Gasteiger partial charge in [-0.15, -0.1) is 0 Å². The smallest absolute Gasteiger partial charge is 0.127 e. The van der Waals surface area contributed by atoms with Crippen molar-refractivity contribution in [2.75, 3.05) is 34.5 Å². The van der Waals surface area contributed by atoms with Crippen LogP contribution in [-0.4, -0.2) is 34.5 Å². The molecule has 0 amide bonds. The summed E-state index contributed by atoms with van der Waals surface area (Å²) in [5.74, 6) is 1.62. The molecule has 0 saturated carbocycles. The van der Waals surface area contributed by atoms with Crippen LogP contribution in [0.1, 0.15) is 37.8 Å². The molecule has 0 saturated heterocycles. The van der Waals surface area contributed by atoms with Crippen molar-refractivity contribution in [2.24, 2.45) is 0 Å². The molecule has 1 aromatic carbocycles. The molecule has 0 spiro atoms. The highest BCUT2D eigenvalue weighted by Gasteiger charge is 2.15. The highest BCUT2D eigenvalue weighted by atomic mass is 16.5. The van der Waals surface area contributed by atoms with Gasteiger partial charge in [0.15, 0.2) is 0 Å². The molecule has 0 aromatic heterocycles. The number of rotatable bonds is 10.